The maximum atomic E-state index is 14.4. The highest BCUT2D eigenvalue weighted by atomic mass is 79.9. The zero-order chi connectivity index (χ0) is 18.9. The van der Waals surface area contributed by atoms with E-state index < -0.39 is 45.2 Å². The van der Waals surface area contributed by atoms with Gasteiger partial charge in [0.15, 0.2) is 5.82 Å². The second-order valence-corrected chi connectivity index (χ2v) is 7.78. The summed E-state index contributed by atoms with van der Waals surface area (Å²) in [4.78, 5) is 25.1. The summed E-state index contributed by atoms with van der Waals surface area (Å²) in [7, 11) is 0. The number of hydrogen-bond acceptors (Lipinski definition) is 4. The Morgan fingerprint density at radius 2 is 1.38 bits per heavy atom. The number of nitrogens with zero attached hydrogens (tertiary/aromatic N) is 1. The van der Waals surface area contributed by atoms with E-state index in [1.165, 1.54) is 0 Å². The van der Waals surface area contributed by atoms with Gasteiger partial charge in [0, 0.05) is 0 Å². The summed E-state index contributed by atoms with van der Waals surface area (Å²) in [5.41, 5.74) is -2.33. The monoisotopic (exact) mass is 407 g/mol. The lowest BCUT2D eigenvalue weighted by atomic mass is 10.2. The predicted molar refractivity (Wildman–Crippen MR) is 89.0 cm³/mol. The number of rotatable bonds is 1. The SMILES string of the molecule is CC(C)(C)OC(=O)N(C(=O)OC(C)(C)C)c1ccc(F)c(Br)c1F. The van der Waals surface area contributed by atoms with Crippen molar-refractivity contribution in [2.45, 2.75) is 52.7 Å². The molecule has 0 saturated carbocycles. The molecule has 1 rings (SSSR count). The molecule has 2 amide bonds. The van der Waals surface area contributed by atoms with Gasteiger partial charge in [-0.05, 0) is 69.6 Å². The highest BCUT2D eigenvalue weighted by Gasteiger charge is 2.35. The maximum absolute atomic E-state index is 14.4. The molecule has 0 aliphatic rings. The fraction of sp³-hybridized carbons (Fsp3) is 0.500. The van der Waals surface area contributed by atoms with Crippen LogP contribution in [0.15, 0.2) is 16.6 Å². The van der Waals surface area contributed by atoms with Gasteiger partial charge in [0.05, 0.1) is 10.2 Å². The Bertz CT molecular complexity index is 623. The molecule has 5 nitrogen and oxygen atoms in total. The Balaban J connectivity index is 3.36. The first-order valence-electron chi connectivity index (χ1n) is 7.12. The van der Waals surface area contributed by atoms with E-state index in [1.54, 1.807) is 41.5 Å². The number of anilines is 1. The van der Waals surface area contributed by atoms with Crippen LogP contribution in [0.5, 0.6) is 0 Å². The number of carbonyl (C=O) groups is 2. The third-order valence-electron chi connectivity index (χ3n) is 2.41. The van der Waals surface area contributed by atoms with E-state index in [1.807, 2.05) is 0 Å². The fourth-order valence-electron chi connectivity index (χ4n) is 1.57. The molecule has 0 aliphatic heterocycles. The number of imide groups is 1. The van der Waals surface area contributed by atoms with Crippen LogP contribution in [0.1, 0.15) is 41.5 Å². The van der Waals surface area contributed by atoms with Gasteiger partial charge < -0.3 is 9.47 Å². The van der Waals surface area contributed by atoms with E-state index in [2.05, 4.69) is 15.9 Å². The lowest BCUT2D eigenvalue weighted by Gasteiger charge is -2.28. The Labute approximate surface area is 148 Å². The number of ether oxygens (including phenoxy) is 2. The number of amides is 2. The van der Waals surface area contributed by atoms with Crippen molar-refractivity contribution in [3.63, 3.8) is 0 Å². The lowest BCUT2D eigenvalue weighted by Crippen LogP contribution is -2.44. The maximum Gasteiger partial charge on any atom is 0.424 e. The Morgan fingerprint density at radius 1 is 0.958 bits per heavy atom. The van der Waals surface area contributed by atoms with Gasteiger partial charge in [-0.1, -0.05) is 0 Å². The minimum Gasteiger partial charge on any atom is -0.443 e. The topological polar surface area (TPSA) is 55.8 Å². The second kappa shape index (κ2) is 7.04. The summed E-state index contributed by atoms with van der Waals surface area (Å²) in [5.74, 6) is -1.99. The van der Waals surface area contributed by atoms with E-state index in [4.69, 9.17) is 9.47 Å². The molecule has 0 fully saturated rings. The van der Waals surface area contributed by atoms with Crippen LogP contribution in [0.3, 0.4) is 0 Å². The summed E-state index contributed by atoms with van der Waals surface area (Å²) in [6.45, 7) is 9.55. The third kappa shape index (κ3) is 5.43. The number of halogens is 3. The van der Waals surface area contributed by atoms with Crippen LogP contribution in [0.25, 0.3) is 0 Å². The summed E-state index contributed by atoms with van der Waals surface area (Å²) in [6.07, 6.45) is -2.26. The first-order chi connectivity index (χ1) is 10.7. The molecule has 0 aromatic heterocycles. The highest BCUT2D eigenvalue weighted by Crippen LogP contribution is 2.30. The fourth-order valence-corrected chi connectivity index (χ4v) is 1.91. The predicted octanol–water partition coefficient (Wildman–Crippen LogP) is 5.40. The molecule has 0 heterocycles. The molecule has 0 radical (unpaired) electrons. The van der Waals surface area contributed by atoms with Crippen molar-refractivity contribution in [3.05, 3.63) is 28.2 Å². The van der Waals surface area contributed by atoms with Gasteiger partial charge >= 0.3 is 12.2 Å². The Hall–Kier alpha value is -1.70. The summed E-state index contributed by atoms with van der Waals surface area (Å²) in [5, 5.41) is 0. The molecule has 0 aliphatic carbocycles. The van der Waals surface area contributed by atoms with Gasteiger partial charge in [-0.2, -0.15) is 4.90 Å². The third-order valence-corrected chi connectivity index (χ3v) is 3.13. The molecule has 0 N–H and O–H groups in total. The molecule has 1 aromatic rings. The van der Waals surface area contributed by atoms with Gasteiger partial charge in [-0.3, -0.25) is 0 Å². The highest BCUT2D eigenvalue weighted by molar-refractivity contribution is 9.10. The number of carbonyl (C=O) groups excluding carboxylic acids is 2. The zero-order valence-electron chi connectivity index (χ0n) is 14.4. The van der Waals surface area contributed by atoms with Gasteiger partial charge in [0.25, 0.3) is 0 Å². The molecule has 24 heavy (non-hydrogen) atoms. The average molecular weight is 408 g/mol. The quantitative estimate of drug-likeness (QED) is 0.584. The molecule has 8 heteroatoms. The van der Waals surface area contributed by atoms with Crippen molar-refractivity contribution in [2.24, 2.45) is 0 Å². The summed E-state index contributed by atoms with van der Waals surface area (Å²) in [6, 6.07) is 1.88. The largest absolute Gasteiger partial charge is 0.443 e. The molecule has 1 aromatic carbocycles. The van der Waals surface area contributed by atoms with Crippen molar-refractivity contribution in [1.29, 1.82) is 0 Å². The van der Waals surface area contributed by atoms with Gasteiger partial charge in [0.1, 0.15) is 17.0 Å². The van der Waals surface area contributed by atoms with E-state index >= 15 is 0 Å². The Morgan fingerprint density at radius 3 is 1.75 bits per heavy atom. The van der Waals surface area contributed by atoms with Crippen LogP contribution in [0.2, 0.25) is 0 Å². The molecule has 0 spiro atoms. The average Bonchev–Trinajstić information content (AvgIpc) is 2.35. The van der Waals surface area contributed by atoms with Crippen LogP contribution in [0, 0.1) is 11.6 Å². The normalized spacial score (nSPS) is 11.9. The van der Waals surface area contributed by atoms with Crippen LogP contribution >= 0.6 is 15.9 Å². The lowest BCUT2D eigenvalue weighted by molar-refractivity contribution is 0.0428. The van der Waals surface area contributed by atoms with Crippen molar-refractivity contribution in [3.8, 4) is 0 Å². The Kier molecular flexibility index (Phi) is 5.97. The first kappa shape index (κ1) is 20.3. The van der Waals surface area contributed by atoms with E-state index in [9.17, 15) is 18.4 Å². The van der Waals surface area contributed by atoms with Gasteiger partial charge in [-0.25, -0.2) is 18.4 Å². The van der Waals surface area contributed by atoms with Crippen molar-refractivity contribution >= 4 is 33.8 Å². The minimum atomic E-state index is -1.13. The van der Waals surface area contributed by atoms with Crippen LogP contribution in [-0.2, 0) is 9.47 Å². The summed E-state index contributed by atoms with van der Waals surface area (Å²) >= 11 is 2.74. The van der Waals surface area contributed by atoms with Gasteiger partial charge in [-0.15, -0.1) is 0 Å². The van der Waals surface area contributed by atoms with Crippen LogP contribution in [-0.4, -0.2) is 23.4 Å². The van der Waals surface area contributed by atoms with Crippen molar-refractivity contribution in [2.75, 3.05) is 4.90 Å². The molecular weight excluding hydrogens is 388 g/mol. The standard InChI is InChI=1S/C16H20BrF2NO4/c1-15(2,3)23-13(21)20(14(22)24-16(4,5)6)10-8-7-9(18)11(17)12(10)19/h7-8H,1-6H3. The molecule has 134 valence electrons. The first-order valence-corrected chi connectivity index (χ1v) is 7.92. The second-order valence-electron chi connectivity index (χ2n) is 6.99. The van der Waals surface area contributed by atoms with Crippen LogP contribution < -0.4 is 4.90 Å². The number of hydrogen-bond donors (Lipinski definition) is 0. The number of benzene rings is 1. The summed E-state index contributed by atoms with van der Waals surface area (Å²) < 4.78 is 37.5. The zero-order valence-corrected chi connectivity index (χ0v) is 16.0. The molecule has 0 saturated heterocycles. The molecular formula is C16H20BrF2NO4. The van der Waals surface area contributed by atoms with Crippen molar-refractivity contribution in [1.82, 2.24) is 0 Å². The molecule has 0 atom stereocenters. The van der Waals surface area contributed by atoms with E-state index in [0.717, 1.165) is 12.1 Å². The molecule has 0 bridgehead atoms. The smallest absolute Gasteiger partial charge is 0.424 e. The minimum absolute atomic E-state index is 0.399. The van der Waals surface area contributed by atoms with Crippen LogP contribution in [0.4, 0.5) is 24.1 Å². The van der Waals surface area contributed by atoms with E-state index in [-0.39, 0.29) is 0 Å². The molecule has 0 unspecified atom stereocenters. The van der Waals surface area contributed by atoms with Gasteiger partial charge in [0.2, 0.25) is 0 Å². The van der Waals surface area contributed by atoms with Crippen molar-refractivity contribution < 1.29 is 27.8 Å². The van der Waals surface area contributed by atoms with E-state index in [0.29, 0.717) is 4.90 Å².